The van der Waals surface area contributed by atoms with Crippen LogP contribution in [0.25, 0.3) is 0 Å². The SMILES string of the molecule is CCNC(Cc1nc(C)cs1)Cc1cc(OC)ccc1Br. The van der Waals surface area contributed by atoms with Gasteiger partial charge in [-0.15, -0.1) is 11.3 Å². The minimum Gasteiger partial charge on any atom is -0.497 e. The first-order chi connectivity index (χ1) is 10.1. The molecule has 0 aliphatic heterocycles. The molecule has 0 aliphatic carbocycles. The number of rotatable bonds is 7. The van der Waals surface area contributed by atoms with E-state index < -0.39 is 0 Å². The Morgan fingerprint density at radius 1 is 1.38 bits per heavy atom. The Kier molecular flexibility index (Phi) is 6.21. The van der Waals surface area contributed by atoms with Crippen molar-refractivity contribution in [2.24, 2.45) is 0 Å². The van der Waals surface area contributed by atoms with E-state index in [1.54, 1.807) is 18.4 Å². The largest absolute Gasteiger partial charge is 0.497 e. The molecule has 0 saturated heterocycles. The third-order valence-corrected chi connectivity index (χ3v) is 5.06. The van der Waals surface area contributed by atoms with Gasteiger partial charge in [0.15, 0.2) is 0 Å². The standard InChI is InChI=1S/C16H21BrN2OS/c1-4-18-13(9-16-19-11(2)10-21-16)7-12-8-14(20-3)5-6-15(12)17/h5-6,8,10,13,18H,4,7,9H2,1-3H3. The molecule has 0 radical (unpaired) electrons. The molecule has 0 bridgehead atoms. The van der Waals surface area contributed by atoms with Crippen LogP contribution in [0, 0.1) is 6.92 Å². The number of nitrogens with zero attached hydrogens (tertiary/aromatic N) is 1. The summed E-state index contributed by atoms with van der Waals surface area (Å²) in [4.78, 5) is 4.57. The van der Waals surface area contributed by atoms with Crippen molar-refractivity contribution in [3.63, 3.8) is 0 Å². The van der Waals surface area contributed by atoms with Crippen molar-refractivity contribution in [1.82, 2.24) is 10.3 Å². The van der Waals surface area contributed by atoms with Gasteiger partial charge in [0.05, 0.1) is 12.1 Å². The first-order valence-electron chi connectivity index (χ1n) is 7.09. The Morgan fingerprint density at radius 2 is 2.19 bits per heavy atom. The molecule has 21 heavy (non-hydrogen) atoms. The van der Waals surface area contributed by atoms with E-state index in [9.17, 15) is 0 Å². The number of benzene rings is 1. The molecule has 0 spiro atoms. The zero-order valence-corrected chi connectivity index (χ0v) is 15.1. The van der Waals surface area contributed by atoms with Crippen molar-refractivity contribution >= 4 is 27.3 Å². The first kappa shape index (κ1) is 16.5. The third-order valence-electron chi connectivity index (χ3n) is 3.30. The molecule has 1 aromatic carbocycles. The zero-order chi connectivity index (χ0) is 15.2. The summed E-state index contributed by atoms with van der Waals surface area (Å²) in [6.07, 6.45) is 1.90. The molecule has 1 N–H and O–H groups in total. The van der Waals surface area contributed by atoms with Crippen molar-refractivity contribution in [3.8, 4) is 5.75 Å². The van der Waals surface area contributed by atoms with Gasteiger partial charge in [0.2, 0.25) is 0 Å². The Balaban J connectivity index is 2.11. The van der Waals surface area contributed by atoms with Gasteiger partial charge in [-0.3, -0.25) is 0 Å². The predicted molar refractivity (Wildman–Crippen MR) is 92.4 cm³/mol. The molecule has 3 nitrogen and oxygen atoms in total. The molecular formula is C16H21BrN2OS. The molecule has 1 aromatic heterocycles. The summed E-state index contributed by atoms with van der Waals surface area (Å²) in [5, 5.41) is 6.86. The van der Waals surface area contributed by atoms with Crippen molar-refractivity contribution in [1.29, 1.82) is 0 Å². The van der Waals surface area contributed by atoms with Crippen LogP contribution in [0.15, 0.2) is 28.1 Å². The fraction of sp³-hybridized carbons (Fsp3) is 0.438. The van der Waals surface area contributed by atoms with E-state index >= 15 is 0 Å². The molecule has 2 rings (SSSR count). The second-order valence-corrected chi connectivity index (χ2v) is 6.80. The Labute approximate surface area is 138 Å². The van der Waals surface area contributed by atoms with Crippen LogP contribution in [-0.2, 0) is 12.8 Å². The van der Waals surface area contributed by atoms with E-state index in [1.165, 1.54) is 10.6 Å². The quantitative estimate of drug-likeness (QED) is 0.802. The van der Waals surface area contributed by atoms with E-state index in [4.69, 9.17) is 4.74 Å². The molecule has 0 fully saturated rings. The number of aromatic nitrogens is 1. The summed E-state index contributed by atoms with van der Waals surface area (Å²) >= 11 is 5.37. The molecule has 5 heteroatoms. The second-order valence-electron chi connectivity index (χ2n) is 5.00. The smallest absolute Gasteiger partial charge is 0.119 e. The van der Waals surface area contributed by atoms with E-state index in [2.05, 4.69) is 44.6 Å². The Morgan fingerprint density at radius 3 is 2.81 bits per heavy atom. The van der Waals surface area contributed by atoms with Gasteiger partial charge >= 0.3 is 0 Å². The van der Waals surface area contributed by atoms with Gasteiger partial charge < -0.3 is 10.1 Å². The van der Waals surface area contributed by atoms with Gasteiger partial charge in [-0.1, -0.05) is 22.9 Å². The van der Waals surface area contributed by atoms with Crippen molar-refractivity contribution in [3.05, 3.63) is 44.3 Å². The maximum Gasteiger partial charge on any atom is 0.119 e. The lowest BCUT2D eigenvalue weighted by molar-refractivity contribution is 0.413. The monoisotopic (exact) mass is 368 g/mol. The number of thiazole rings is 1. The van der Waals surface area contributed by atoms with Crippen molar-refractivity contribution in [2.75, 3.05) is 13.7 Å². The molecular weight excluding hydrogens is 348 g/mol. The van der Waals surface area contributed by atoms with Gasteiger partial charge in [0.25, 0.3) is 0 Å². The normalized spacial score (nSPS) is 12.4. The van der Waals surface area contributed by atoms with Gasteiger partial charge in [0.1, 0.15) is 5.75 Å². The van der Waals surface area contributed by atoms with Crippen LogP contribution in [0.2, 0.25) is 0 Å². The highest BCUT2D eigenvalue weighted by Gasteiger charge is 2.14. The summed E-state index contributed by atoms with van der Waals surface area (Å²) in [5.41, 5.74) is 2.36. The van der Waals surface area contributed by atoms with E-state index in [0.717, 1.165) is 35.3 Å². The van der Waals surface area contributed by atoms with Crippen LogP contribution in [0.5, 0.6) is 5.75 Å². The van der Waals surface area contributed by atoms with Crippen LogP contribution >= 0.6 is 27.3 Å². The average molecular weight is 369 g/mol. The molecule has 2 aromatic rings. The Hall–Kier alpha value is -0.910. The number of aryl methyl sites for hydroxylation is 1. The molecule has 0 amide bonds. The van der Waals surface area contributed by atoms with Crippen LogP contribution in [0.3, 0.4) is 0 Å². The van der Waals surface area contributed by atoms with Gasteiger partial charge in [-0.2, -0.15) is 0 Å². The Bertz CT molecular complexity index is 585. The third kappa shape index (κ3) is 4.80. The van der Waals surface area contributed by atoms with Crippen LogP contribution in [0.1, 0.15) is 23.2 Å². The van der Waals surface area contributed by atoms with Crippen LogP contribution in [-0.4, -0.2) is 24.7 Å². The van der Waals surface area contributed by atoms with Gasteiger partial charge in [-0.25, -0.2) is 4.98 Å². The lowest BCUT2D eigenvalue weighted by atomic mass is 10.0. The van der Waals surface area contributed by atoms with Crippen LogP contribution < -0.4 is 10.1 Å². The summed E-state index contributed by atoms with van der Waals surface area (Å²) in [6, 6.07) is 6.50. The number of likely N-dealkylation sites (N-methyl/N-ethyl adjacent to an activating group) is 1. The summed E-state index contributed by atoms with van der Waals surface area (Å²) in [5.74, 6) is 0.897. The number of hydrogen-bond donors (Lipinski definition) is 1. The van der Waals surface area contributed by atoms with E-state index in [0.29, 0.717) is 6.04 Å². The average Bonchev–Trinajstić information content (AvgIpc) is 2.87. The zero-order valence-electron chi connectivity index (χ0n) is 12.6. The molecule has 1 heterocycles. The van der Waals surface area contributed by atoms with Crippen molar-refractivity contribution < 1.29 is 4.74 Å². The fourth-order valence-corrected chi connectivity index (χ4v) is 3.57. The molecule has 1 unspecified atom stereocenters. The number of halogens is 1. The van der Waals surface area contributed by atoms with E-state index in [1.807, 2.05) is 19.1 Å². The highest BCUT2D eigenvalue weighted by Crippen LogP contribution is 2.24. The lowest BCUT2D eigenvalue weighted by Gasteiger charge is -2.18. The highest BCUT2D eigenvalue weighted by atomic mass is 79.9. The minimum atomic E-state index is 0.379. The fourth-order valence-electron chi connectivity index (χ4n) is 2.31. The lowest BCUT2D eigenvalue weighted by Crippen LogP contribution is -2.33. The number of ether oxygens (including phenoxy) is 1. The highest BCUT2D eigenvalue weighted by molar-refractivity contribution is 9.10. The van der Waals surface area contributed by atoms with E-state index in [-0.39, 0.29) is 0 Å². The minimum absolute atomic E-state index is 0.379. The molecule has 0 aliphatic rings. The number of methoxy groups -OCH3 is 1. The summed E-state index contributed by atoms with van der Waals surface area (Å²) < 4.78 is 6.45. The first-order valence-corrected chi connectivity index (χ1v) is 8.76. The maximum absolute atomic E-state index is 5.32. The predicted octanol–water partition coefficient (Wildman–Crippen LogP) is 3.99. The molecule has 114 valence electrons. The van der Waals surface area contributed by atoms with Crippen molar-refractivity contribution in [2.45, 2.75) is 32.7 Å². The van der Waals surface area contributed by atoms with Gasteiger partial charge in [0, 0.05) is 28.0 Å². The molecule has 1 atom stereocenters. The maximum atomic E-state index is 5.32. The topological polar surface area (TPSA) is 34.2 Å². The second kappa shape index (κ2) is 7.92. The van der Waals surface area contributed by atoms with Gasteiger partial charge in [-0.05, 0) is 43.7 Å². The molecule has 0 saturated carbocycles. The summed E-state index contributed by atoms with van der Waals surface area (Å²) in [7, 11) is 1.70. The number of hydrogen-bond acceptors (Lipinski definition) is 4. The van der Waals surface area contributed by atoms with Crippen LogP contribution in [0.4, 0.5) is 0 Å². The number of nitrogens with one attached hydrogen (secondary N) is 1. The summed E-state index contributed by atoms with van der Waals surface area (Å²) in [6.45, 7) is 5.14.